The number of fused-ring (bicyclic) bond motifs is 1. The number of hydrogen-bond donors (Lipinski definition) is 1. The minimum absolute atomic E-state index is 0.0172. The van der Waals surface area contributed by atoms with Gasteiger partial charge < -0.3 is 5.11 Å². The number of pyridine rings is 1. The third kappa shape index (κ3) is 2.05. The van der Waals surface area contributed by atoms with Crippen LogP contribution in [0.2, 0.25) is 0 Å². The molecule has 3 aromatic rings. The molecule has 3 heterocycles. The van der Waals surface area contributed by atoms with E-state index in [1.807, 2.05) is 0 Å². The molecule has 0 spiro atoms. The van der Waals surface area contributed by atoms with Crippen molar-refractivity contribution in [1.82, 2.24) is 19.6 Å². The molecule has 8 heteroatoms. The van der Waals surface area contributed by atoms with Crippen molar-refractivity contribution in [2.75, 3.05) is 0 Å². The number of nitro groups is 1. The largest absolute Gasteiger partial charge is 0.493 e. The number of nitrogens with zero attached hydrogens (tertiary/aromatic N) is 5. The maximum atomic E-state index is 10.8. The molecule has 0 radical (unpaired) electrons. The Bertz CT molecular complexity index is 916. The zero-order chi connectivity index (χ0) is 16.0. The summed E-state index contributed by atoms with van der Waals surface area (Å²) in [6.45, 7) is 5.29. The summed E-state index contributed by atoms with van der Waals surface area (Å²) in [4.78, 5) is 18.9. The maximum absolute atomic E-state index is 10.8. The Labute approximate surface area is 125 Å². The highest BCUT2D eigenvalue weighted by atomic mass is 16.6. The van der Waals surface area contributed by atoms with Gasteiger partial charge in [0.25, 0.3) is 5.69 Å². The van der Waals surface area contributed by atoms with Crippen molar-refractivity contribution in [3.63, 3.8) is 0 Å². The van der Waals surface area contributed by atoms with Crippen molar-refractivity contribution >= 4 is 11.3 Å². The number of aromatic nitrogens is 4. The molecular weight excluding hydrogens is 286 g/mol. The van der Waals surface area contributed by atoms with Gasteiger partial charge in [-0.25, -0.2) is 9.97 Å². The predicted octanol–water partition coefficient (Wildman–Crippen LogP) is 2.33. The SMILES string of the molecule is Cc1cc(O)n2nc(C)c(-c3ncc([N+](=O)[O-])cc3C)c2n1. The topological polar surface area (TPSA) is 106 Å². The van der Waals surface area contributed by atoms with E-state index in [9.17, 15) is 15.2 Å². The molecule has 22 heavy (non-hydrogen) atoms. The molecule has 0 saturated heterocycles. The van der Waals surface area contributed by atoms with Gasteiger partial charge in [-0.1, -0.05) is 0 Å². The van der Waals surface area contributed by atoms with E-state index in [0.717, 1.165) is 0 Å². The van der Waals surface area contributed by atoms with E-state index in [2.05, 4.69) is 15.1 Å². The van der Waals surface area contributed by atoms with Gasteiger partial charge in [0, 0.05) is 17.8 Å². The van der Waals surface area contributed by atoms with Crippen LogP contribution in [0.5, 0.6) is 5.88 Å². The second-order valence-electron chi connectivity index (χ2n) is 5.07. The minimum atomic E-state index is -0.485. The molecule has 0 atom stereocenters. The van der Waals surface area contributed by atoms with Crippen LogP contribution in [-0.4, -0.2) is 29.6 Å². The molecular formula is C14H13N5O3. The average Bonchev–Trinajstić information content (AvgIpc) is 2.75. The summed E-state index contributed by atoms with van der Waals surface area (Å²) in [5, 5.41) is 25.1. The molecule has 0 unspecified atom stereocenters. The van der Waals surface area contributed by atoms with Gasteiger partial charge in [0.1, 0.15) is 6.20 Å². The zero-order valence-electron chi connectivity index (χ0n) is 12.2. The fourth-order valence-corrected chi connectivity index (χ4v) is 2.42. The van der Waals surface area contributed by atoms with Gasteiger partial charge in [-0.3, -0.25) is 10.1 Å². The van der Waals surface area contributed by atoms with E-state index in [0.29, 0.717) is 33.9 Å². The third-order valence-corrected chi connectivity index (χ3v) is 3.38. The highest BCUT2D eigenvalue weighted by molar-refractivity contribution is 5.80. The van der Waals surface area contributed by atoms with E-state index >= 15 is 0 Å². The van der Waals surface area contributed by atoms with Crippen LogP contribution in [0.1, 0.15) is 17.0 Å². The highest BCUT2D eigenvalue weighted by Gasteiger charge is 2.20. The predicted molar refractivity (Wildman–Crippen MR) is 78.7 cm³/mol. The molecule has 0 aliphatic heterocycles. The number of hydrogen-bond acceptors (Lipinski definition) is 6. The van der Waals surface area contributed by atoms with Crippen molar-refractivity contribution in [2.45, 2.75) is 20.8 Å². The summed E-state index contributed by atoms with van der Waals surface area (Å²) in [7, 11) is 0. The van der Waals surface area contributed by atoms with E-state index in [-0.39, 0.29) is 11.6 Å². The van der Waals surface area contributed by atoms with E-state index in [4.69, 9.17) is 0 Å². The van der Waals surface area contributed by atoms with Crippen LogP contribution in [0, 0.1) is 30.9 Å². The van der Waals surface area contributed by atoms with Crippen molar-refractivity contribution < 1.29 is 10.0 Å². The number of aryl methyl sites for hydroxylation is 3. The summed E-state index contributed by atoms with van der Waals surface area (Å²) in [6, 6.07) is 2.97. The van der Waals surface area contributed by atoms with Crippen LogP contribution in [0.25, 0.3) is 16.9 Å². The van der Waals surface area contributed by atoms with Crippen molar-refractivity contribution in [3.05, 3.63) is 45.4 Å². The molecule has 8 nitrogen and oxygen atoms in total. The molecule has 0 aromatic carbocycles. The second-order valence-corrected chi connectivity index (χ2v) is 5.07. The van der Waals surface area contributed by atoms with Crippen LogP contribution in [0.4, 0.5) is 5.69 Å². The summed E-state index contributed by atoms with van der Waals surface area (Å²) >= 11 is 0. The zero-order valence-corrected chi connectivity index (χ0v) is 12.2. The molecule has 0 bridgehead atoms. The smallest absolute Gasteiger partial charge is 0.287 e. The quantitative estimate of drug-likeness (QED) is 0.575. The Balaban J connectivity index is 2.31. The molecule has 112 valence electrons. The second kappa shape index (κ2) is 4.76. The lowest BCUT2D eigenvalue weighted by Crippen LogP contribution is -1.96. The Morgan fingerprint density at radius 1 is 1.27 bits per heavy atom. The first-order chi connectivity index (χ1) is 10.4. The summed E-state index contributed by atoms with van der Waals surface area (Å²) in [6.07, 6.45) is 1.21. The molecule has 0 fully saturated rings. The molecule has 0 amide bonds. The molecule has 3 aromatic heterocycles. The lowest BCUT2D eigenvalue weighted by Gasteiger charge is -2.05. The minimum Gasteiger partial charge on any atom is -0.493 e. The van der Waals surface area contributed by atoms with E-state index < -0.39 is 4.92 Å². The maximum Gasteiger partial charge on any atom is 0.287 e. The van der Waals surface area contributed by atoms with Crippen molar-refractivity contribution in [1.29, 1.82) is 0 Å². The van der Waals surface area contributed by atoms with Gasteiger partial charge in [-0.05, 0) is 26.3 Å². The fourth-order valence-electron chi connectivity index (χ4n) is 2.42. The molecule has 0 saturated carbocycles. The first kappa shape index (κ1) is 13.9. The Morgan fingerprint density at radius 2 is 2.00 bits per heavy atom. The highest BCUT2D eigenvalue weighted by Crippen LogP contribution is 2.31. The summed E-state index contributed by atoms with van der Waals surface area (Å²) in [5.41, 5.74) is 3.56. The van der Waals surface area contributed by atoms with Crippen LogP contribution in [0.15, 0.2) is 18.3 Å². The number of aromatic hydroxyl groups is 1. The van der Waals surface area contributed by atoms with Gasteiger partial charge in [0.2, 0.25) is 5.88 Å². The average molecular weight is 299 g/mol. The lowest BCUT2D eigenvalue weighted by atomic mass is 10.1. The van der Waals surface area contributed by atoms with Gasteiger partial charge >= 0.3 is 0 Å². The molecule has 0 aliphatic carbocycles. The molecule has 1 N–H and O–H groups in total. The van der Waals surface area contributed by atoms with E-state index in [1.165, 1.54) is 22.8 Å². The monoisotopic (exact) mass is 299 g/mol. The third-order valence-electron chi connectivity index (χ3n) is 3.38. The Morgan fingerprint density at radius 3 is 2.64 bits per heavy atom. The van der Waals surface area contributed by atoms with Crippen molar-refractivity contribution in [3.8, 4) is 17.1 Å². The Kier molecular flexibility index (Phi) is 3.01. The molecule has 3 rings (SSSR count). The first-order valence-corrected chi connectivity index (χ1v) is 6.56. The van der Waals surface area contributed by atoms with Gasteiger partial charge in [0.15, 0.2) is 5.65 Å². The lowest BCUT2D eigenvalue weighted by molar-refractivity contribution is -0.385. The number of rotatable bonds is 2. The van der Waals surface area contributed by atoms with E-state index in [1.54, 1.807) is 20.8 Å². The van der Waals surface area contributed by atoms with Gasteiger partial charge in [0.05, 0.1) is 21.9 Å². The fraction of sp³-hybridized carbons (Fsp3) is 0.214. The van der Waals surface area contributed by atoms with Crippen LogP contribution in [-0.2, 0) is 0 Å². The standard InChI is InChI=1S/C14H13N5O3/c1-7-4-10(19(21)22)6-15-13(7)12-9(3)17-18-11(20)5-8(2)16-14(12)18/h4-6,20H,1-3H3. The molecule has 0 aliphatic rings. The normalized spacial score (nSPS) is 11.0. The van der Waals surface area contributed by atoms with Crippen LogP contribution < -0.4 is 0 Å². The van der Waals surface area contributed by atoms with Gasteiger partial charge in [-0.15, -0.1) is 0 Å². The van der Waals surface area contributed by atoms with Crippen molar-refractivity contribution in [2.24, 2.45) is 0 Å². The first-order valence-electron chi connectivity index (χ1n) is 6.56. The Hall–Kier alpha value is -3.03. The van der Waals surface area contributed by atoms with Crippen LogP contribution >= 0.6 is 0 Å². The summed E-state index contributed by atoms with van der Waals surface area (Å²) < 4.78 is 1.33. The summed E-state index contributed by atoms with van der Waals surface area (Å²) in [5.74, 6) is -0.0172. The van der Waals surface area contributed by atoms with Crippen LogP contribution in [0.3, 0.4) is 0 Å². The van der Waals surface area contributed by atoms with Gasteiger partial charge in [-0.2, -0.15) is 9.61 Å².